The normalized spacial score (nSPS) is 27.2. The second kappa shape index (κ2) is 6.47. The van der Waals surface area contributed by atoms with Gasteiger partial charge in [-0.25, -0.2) is 0 Å². The van der Waals surface area contributed by atoms with Crippen molar-refractivity contribution in [2.45, 2.75) is 19.9 Å². The molecule has 2 saturated heterocycles. The minimum absolute atomic E-state index is 0.000576. The highest BCUT2D eigenvalue weighted by molar-refractivity contribution is 6.31. The molecule has 0 radical (unpaired) electrons. The van der Waals surface area contributed by atoms with Crippen molar-refractivity contribution >= 4 is 29.0 Å². The maximum Gasteiger partial charge on any atom is 0.240 e. The molecule has 130 valence electrons. The first-order valence-electron chi connectivity index (χ1n) is 8.35. The van der Waals surface area contributed by atoms with Crippen molar-refractivity contribution in [3.63, 3.8) is 0 Å². The number of carbonyl (C=O) groups is 1. The summed E-state index contributed by atoms with van der Waals surface area (Å²) >= 11 is 6.00. The quantitative estimate of drug-likeness (QED) is 0.823. The zero-order chi connectivity index (χ0) is 17.5. The topological polar surface area (TPSA) is 39.1 Å². The molecule has 1 aromatic carbocycles. The standard InChI is InChI=1S/C18H25ClN4O/c1-18(2)15(22-11-9-21(4)10-12-22)16(20-3)23(17(18)24)14-7-5-13(19)6-8-14/h5-8,15H,9-12H2,1-4H3. The van der Waals surface area contributed by atoms with Crippen LogP contribution in [0.5, 0.6) is 0 Å². The number of amidine groups is 1. The Morgan fingerprint density at radius 2 is 1.71 bits per heavy atom. The summed E-state index contributed by atoms with van der Waals surface area (Å²) in [5, 5.41) is 0.662. The lowest BCUT2D eigenvalue weighted by molar-refractivity contribution is -0.126. The molecule has 0 aromatic heterocycles. The van der Waals surface area contributed by atoms with E-state index < -0.39 is 5.41 Å². The zero-order valence-corrected chi connectivity index (χ0v) is 15.5. The molecule has 2 aliphatic rings. The van der Waals surface area contributed by atoms with Crippen LogP contribution in [0.15, 0.2) is 29.3 Å². The minimum atomic E-state index is -0.510. The van der Waals surface area contributed by atoms with Crippen molar-refractivity contribution in [2.75, 3.05) is 45.2 Å². The highest BCUT2D eigenvalue weighted by atomic mass is 35.5. The maximum absolute atomic E-state index is 13.2. The predicted molar refractivity (Wildman–Crippen MR) is 98.9 cm³/mol. The number of piperazine rings is 1. The van der Waals surface area contributed by atoms with Crippen LogP contribution in [-0.2, 0) is 4.79 Å². The molecular weight excluding hydrogens is 324 g/mol. The van der Waals surface area contributed by atoms with Crippen molar-refractivity contribution in [3.8, 4) is 0 Å². The minimum Gasteiger partial charge on any atom is -0.304 e. The number of rotatable bonds is 2. The fourth-order valence-electron chi connectivity index (χ4n) is 3.72. The molecule has 24 heavy (non-hydrogen) atoms. The van der Waals surface area contributed by atoms with E-state index in [1.54, 1.807) is 11.9 Å². The van der Waals surface area contributed by atoms with Crippen molar-refractivity contribution in [2.24, 2.45) is 10.4 Å². The average molecular weight is 349 g/mol. The number of carbonyl (C=O) groups excluding carboxylic acids is 1. The van der Waals surface area contributed by atoms with Crippen molar-refractivity contribution in [1.82, 2.24) is 9.80 Å². The number of hydrogen-bond donors (Lipinski definition) is 0. The van der Waals surface area contributed by atoms with E-state index in [2.05, 4.69) is 21.8 Å². The molecule has 0 aliphatic carbocycles. The van der Waals surface area contributed by atoms with E-state index in [9.17, 15) is 4.79 Å². The molecule has 0 saturated carbocycles. The molecule has 1 atom stereocenters. The summed E-state index contributed by atoms with van der Waals surface area (Å²) in [6, 6.07) is 7.39. The van der Waals surface area contributed by atoms with Crippen LogP contribution in [-0.4, -0.2) is 67.9 Å². The molecule has 2 aliphatic heterocycles. The second-order valence-electron chi connectivity index (χ2n) is 7.16. The molecular formula is C18H25ClN4O. The molecule has 0 spiro atoms. The Morgan fingerprint density at radius 3 is 2.25 bits per heavy atom. The summed E-state index contributed by atoms with van der Waals surface area (Å²) in [4.78, 5) is 24.2. The van der Waals surface area contributed by atoms with Gasteiger partial charge in [-0.15, -0.1) is 0 Å². The summed E-state index contributed by atoms with van der Waals surface area (Å²) in [7, 11) is 3.91. The van der Waals surface area contributed by atoms with Gasteiger partial charge in [-0.3, -0.25) is 19.6 Å². The Balaban J connectivity index is 1.98. The first kappa shape index (κ1) is 17.4. The third-order valence-electron chi connectivity index (χ3n) is 5.13. The van der Waals surface area contributed by atoms with Gasteiger partial charge in [0.05, 0.1) is 17.1 Å². The van der Waals surface area contributed by atoms with E-state index in [-0.39, 0.29) is 11.9 Å². The van der Waals surface area contributed by atoms with Crippen LogP contribution in [0, 0.1) is 5.41 Å². The highest BCUT2D eigenvalue weighted by Gasteiger charge is 2.54. The molecule has 1 aromatic rings. The monoisotopic (exact) mass is 348 g/mol. The number of benzene rings is 1. The fourth-order valence-corrected chi connectivity index (χ4v) is 3.84. The number of halogens is 1. The van der Waals surface area contributed by atoms with Gasteiger partial charge in [-0.1, -0.05) is 11.6 Å². The molecule has 0 N–H and O–H groups in total. The van der Waals surface area contributed by atoms with Crippen LogP contribution in [0.4, 0.5) is 5.69 Å². The van der Waals surface area contributed by atoms with Crippen LogP contribution >= 0.6 is 11.6 Å². The highest BCUT2D eigenvalue weighted by Crippen LogP contribution is 2.39. The number of anilines is 1. The Kier molecular flexibility index (Phi) is 4.69. The SMILES string of the molecule is CN=C1C(N2CCN(C)CC2)C(C)(C)C(=O)N1c1ccc(Cl)cc1. The van der Waals surface area contributed by atoms with Gasteiger partial charge in [0.2, 0.25) is 5.91 Å². The van der Waals surface area contributed by atoms with E-state index in [4.69, 9.17) is 11.6 Å². The van der Waals surface area contributed by atoms with Gasteiger partial charge in [0.1, 0.15) is 5.84 Å². The van der Waals surface area contributed by atoms with Crippen LogP contribution < -0.4 is 4.90 Å². The Bertz CT molecular complexity index is 647. The smallest absolute Gasteiger partial charge is 0.240 e. The summed E-state index contributed by atoms with van der Waals surface area (Å²) in [6.07, 6.45) is 0. The summed E-state index contributed by atoms with van der Waals surface area (Å²) in [6.45, 7) is 7.98. The second-order valence-corrected chi connectivity index (χ2v) is 7.60. The van der Waals surface area contributed by atoms with Crippen LogP contribution in [0.1, 0.15) is 13.8 Å². The number of amides is 1. The number of nitrogens with zero attached hydrogens (tertiary/aromatic N) is 4. The maximum atomic E-state index is 13.2. The van der Waals surface area contributed by atoms with Crippen molar-refractivity contribution in [1.29, 1.82) is 0 Å². The lowest BCUT2D eigenvalue weighted by Crippen LogP contribution is -2.55. The summed E-state index contributed by atoms with van der Waals surface area (Å²) in [5.41, 5.74) is 0.319. The Labute approximate surface area is 148 Å². The summed E-state index contributed by atoms with van der Waals surface area (Å²) in [5.74, 6) is 0.922. The molecule has 0 bridgehead atoms. The van der Waals surface area contributed by atoms with Crippen LogP contribution in [0.2, 0.25) is 5.02 Å². The van der Waals surface area contributed by atoms with Gasteiger partial charge in [-0.2, -0.15) is 0 Å². The van der Waals surface area contributed by atoms with Crippen molar-refractivity contribution < 1.29 is 4.79 Å². The average Bonchev–Trinajstić information content (AvgIpc) is 2.76. The van der Waals surface area contributed by atoms with E-state index in [0.29, 0.717) is 5.02 Å². The number of likely N-dealkylation sites (N-methyl/N-ethyl adjacent to an activating group) is 1. The van der Waals surface area contributed by atoms with Crippen molar-refractivity contribution in [3.05, 3.63) is 29.3 Å². The molecule has 6 heteroatoms. The van der Waals surface area contributed by atoms with E-state index in [1.807, 2.05) is 38.1 Å². The molecule has 3 rings (SSSR count). The molecule has 5 nitrogen and oxygen atoms in total. The van der Waals surface area contributed by atoms with Gasteiger partial charge >= 0.3 is 0 Å². The van der Waals surface area contributed by atoms with Gasteiger partial charge < -0.3 is 4.90 Å². The molecule has 1 unspecified atom stereocenters. The number of aliphatic imine (C=N–C) groups is 1. The summed E-state index contributed by atoms with van der Waals surface area (Å²) < 4.78 is 0. The molecule has 1 amide bonds. The van der Waals surface area contributed by atoms with Crippen LogP contribution in [0.25, 0.3) is 0 Å². The predicted octanol–water partition coefficient (Wildman–Crippen LogP) is 2.36. The number of hydrogen-bond acceptors (Lipinski definition) is 4. The van der Waals surface area contributed by atoms with Gasteiger partial charge in [0.25, 0.3) is 0 Å². The van der Waals surface area contributed by atoms with E-state index in [0.717, 1.165) is 37.7 Å². The first-order valence-corrected chi connectivity index (χ1v) is 8.73. The zero-order valence-electron chi connectivity index (χ0n) is 14.8. The largest absolute Gasteiger partial charge is 0.304 e. The molecule has 2 heterocycles. The van der Waals surface area contributed by atoms with Gasteiger partial charge in [0.15, 0.2) is 0 Å². The Hall–Kier alpha value is -1.43. The first-order chi connectivity index (χ1) is 11.4. The third kappa shape index (κ3) is 2.85. The van der Waals surface area contributed by atoms with Gasteiger partial charge in [-0.05, 0) is 45.2 Å². The van der Waals surface area contributed by atoms with Gasteiger partial charge in [0, 0.05) is 38.2 Å². The Morgan fingerprint density at radius 1 is 1.12 bits per heavy atom. The molecule has 2 fully saturated rings. The van der Waals surface area contributed by atoms with Crippen LogP contribution in [0.3, 0.4) is 0 Å². The third-order valence-corrected chi connectivity index (χ3v) is 5.38. The van der Waals surface area contributed by atoms with E-state index >= 15 is 0 Å². The van der Waals surface area contributed by atoms with E-state index in [1.165, 1.54) is 0 Å². The lowest BCUT2D eigenvalue weighted by Gasteiger charge is -2.40. The lowest BCUT2D eigenvalue weighted by atomic mass is 9.85. The fraction of sp³-hybridized carbons (Fsp3) is 0.556.